The fraction of sp³-hybridized carbons (Fsp3) is 0. The lowest BCUT2D eigenvalue weighted by atomic mass is 10.1. The Morgan fingerprint density at radius 3 is 2.35 bits per heavy atom. The Morgan fingerprint density at radius 1 is 0.903 bits per heavy atom. The van der Waals surface area contributed by atoms with Crippen molar-refractivity contribution in [2.75, 3.05) is 10.6 Å². The smallest absolute Gasteiger partial charge is 0.267 e. The highest BCUT2D eigenvalue weighted by Crippen LogP contribution is 2.35. The molecule has 2 amide bonds. The minimum atomic E-state index is -0.446. The van der Waals surface area contributed by atoms with Crippen molar-refractivity contribution in [1.29, 1.82) is 5.26 Å². The standard InChI is InChI=1S/C23H13Cl2N3O2S/c24-15-7-9-16(10-8-15)27-22(29)13-5-6-14(12-26)18(11-13)28-23(30)21-20(25)17-3-1-2-4-19(17)31-21/h1-11H,(H,27,29)(H,28,30). The SMILES string of the molecule is N#Cc1ccc(C(=O)Nc2ccc(Cl)cc2)cc1NC(=O)c1sc2ccccc2c1Cl. The van der Waals surface area contributed by atoms with E-state index in [0.29, 0.717) is 20.6 Å². The molecule has 0 saturated carbocycles. The molecule has 0 fully saturated rings. The second-order valence-corrected chi connectivity index (χ2v) is 8.40. The van der Waals surface area contributed by atoms with E-state index in [1.54, 1.807) is 24.3 Å². The Morgan fingerprint density at radius 2 is 1.65 bits per heavy atom. The number of halogens is 2. The predicted octanol–water partition coefficient (Wildman–Crippen LogP) is 6.58. The minimum absolute atomic E-state index is 0.227. The summed E-state index contributed by atoms with van der Waals surface area (Å²) in [6, 6.07) is 20.6. The average Bonchev–Trinajstić information content (AvgIpc) is 3.12. The summed E-state index contributed by atoms with van der Waals surface area (Å²) in [5, 5.41) is 16.6. The first-order valence-corrected chi connectivity index (χ1v) is 10.6. The van der Waals surface area contributed by atoms with Gasteiger partial charge in [0, 0.05) is 26.4 Å². The largest absolute Gasteiger partial charge is 0.322 e. The third-order valence-corrected chi connectivity index (χ3v) is 6.42. The van der Waals surface area contributed by atoms with Gasteiger partial charge in [0.05, 0.1) is 16.3 Å². The molecule has 0 unspecified atom stereocenters. The van der Waals surface area contributed by atoms with Crippen LogP contribution >= 0.6 is 34.5 Å². The molecule has 0 aliphatic rings. The van der Waals surface area contributed by atoms with Crippen molar-refractivity contribution < 1.29 is 9.59 Å². The number of hydrogen-bond acceptors (Lipinski definition) is 4. The Bertz CT molecular complexity index is 1360. The molecule has 5 nitrogen and oxygen atoms in total. The molecular weight excluding hydrogens is 453 g/mol. The van der Waals surface area contributed by atoms with E-state index in [-0.39, 0.29) is 22.7 Å². The Hall–Kier alpha value is -3.37. The maximum Gasteiger partial charge on any atom is 0.267 e. The number of nitrogens with zero attached hydrogens (tertiary/aromatic N) is 1. The number of carbonyl (C=O) groups excluding carboxylic acids is 2. The number of fused-ring (bicyclic) bond motifs is 1. The molecule has 1 heterocycles. The van der Waals surface area contributed by atoms with Gasteiger partial charge in [-0.25, -0.2) is 0 Å². The van der Waals surface area contributed by atoms with Gasteiger partial charge < -0.3 is 10.6 Å². The van der Waals surface area contributed by atoms with E-state index >= 15 is 0 Å². The molecule has 3 aromatic carbocycles. The normalized spacial score (nSPS) is 10.5. The fourth-order valence-electron chi connectivity index (χ4n) is 2.96. The number of nitrogens with one attached hydrogen (secondary N) is 2. The molecule has 1 aromatic heterocycles. The maximum absolute atomic E-state index is 12.9. The van der Waals surface area contributed by atoms with Crippen LogP contribution in [0.25, 0.3) is 10.1 Å². The van der Waals surface area contributed by atoms with Gasteiger partial charge in [0.1, 0.15) is 10.9 Å². The second-order valence-electron chi connectivity index (χ2n) is 6.53. The van der Waals surface area contributed by atoms with Crippen LogP contribution in [-0.4, -0.2) is 11.8 Å². The van der Waals surface area contributed by atoms with Crippen LogP contribution in [0.15, 0.2) is 66.7 Å². The van der Waals surface area contributed by atoms with Gasteiger partial charge in [-0.05, 0) is 48.5 Å². The van der Waals surface area contributed by atoms with E-state index in [1.165, 1.54) is 29.5 Å². The zero-order valence-electron chi connectivity index (χ0n) is 15.8. The molecule has 4 aromatic rings. The average molecular weight is 466 g/mol. The van der Waals surface area contributed by atoms with E-state index in [1.807, 2.05) is 30.3 Å². The van der Waals surface area contributed by atoms with Crippen molar-refractivity contribution in [2.24, 2.45) is 0 Å². The number of amides is 2. The monoisotopic (exact) mass is 465 g/mol. The van der Waals surface area contributed by atoms with Crippen molar-refractivity contribution in [3.63, 3.8) is 0 Å². The Labute approximate surface area is 191 Å². The van der Waals surface area contributed by atoms with Crippen LogP contribution in [0, 0.1) is 11.3 Å². The summed E-state index contributed by atoms with van der Waals surface area (Å²) in [5.74, 6) is -0.833. The van der Waals surface area contributed by atoms with Crippen LogP contribution in [-0.2, 0) is 0 Å². The van der Waals surface area contributed by atoms with Gasteiger partial charge >= 0.3 is 0 Å². The van der Waals surface area contributed by atoms with Gasteiger partial charge in [0.15, 0.2) is 0 Å². The second kappa shape index (κ2) is 8.78. The van der Waals surface area contributed by atoms with Crippen LogP contribution in [0.1, 0.15) is 25.6 Å². The molecule has 2 N–H and O–H groups in total. The van der Waals surface area contributed by atoms with Crippen LogP contribution in [0.3, 0.4) is 0 Å². The molecule has 0 spiro atoms. The summed E-state index contributed by atoms with van der Waals surface area (Å²) >= 11 is 13.5. The summed E-state index contributed by atoms with van der Waals surface area (Å²) in [5.41, 5.74) is 1.31. The highest BCUT2D eigenvalue weighted by molar-refractivity contribution is 7.21. The third kappa shape index (κ3) is 4.39. The number of rotatable bonds is 4. The summed E-state index contributed by atoms with van der Waals surface area (Å²) in [6.45, 7) is 0. The zero-order valence-corrected chi connectivity index (χ0v) is 18.1. The van der Waals surface area contributed by atoms with Crippen molar-refractivity contribution in [3.05, 3.63) is 92.8 Å². The quantitative estimate of drug-likeness (QED) is 0.356. The van der Waals surface area contributed by atoms with Crippen molar-refractivity contribution in [3.8, 4) is 6.07 Å². The molecule has 0 atom stereocenters. The first-order valence-electron chi connectivity index (χ1n) is 9.05. The third-order valence-electron chi connectivity index (χ3n) is 4.49. The fourth-order valence-corrected chi connectivity index (χ4v) is 4.50. The van der Waals surface area contributed by atoms with E-state index in [0.717, 1.165) is 10.1 Å². The summed E-state index contributed by atoms with van der Waals surface area (Å²) < 4.78 is 0.884. The molecule has 0 aliphatic carbocycles. The van der Waals surface area contributed by atoms with Gasteiger partial charge in [-0.3, -0.25) is 9.59 Å². The van der Waals surface area contributed by atoms with Crippen LogP contribution in [0.2, 0.25) is 10.0 Å². The number of carbonyl (C=O) groups is 2. The number of thiophene rings is 1. The number of anilines is 2. The zero-order chi connectivity index (χ0) is 22.0. The summed E-state index contributed by atoms with van der Waals surface area (Å²) in [4.78, 5) is 25.8. The minimum Gasteiger partial charge on any atom is -0.322 e. The van der Waals surface area contributed by atoms with Gasteiger partial charge in [-0.15, -0.1) is 11.3 Å². The van der Waals surface area contributed by atoms with Crippen molar-refractivity contribution in [1.82, 2.24) is 0 Å². The van der Waals surface area contributed by atoms with Crippen LogP contribution in [0.5, 0.6) is 0 Å². The highest BCUT2D eigenvalue weighted by atomic mass is 35.5. The van der Waals surface area contributed by atoms with Gasteiger partial charge in [0.2, 0.25) is 0 Å². The molecule has 4 rings (SSSR count). The molecule has 0 aliphatic heterocycles. The lowest BCUT2D eigenvalue weighted by molar-refractivity contribution is 0.101. The topological polar surface area (TPSA) is 82.0 Å². The van der Waals surface area contributed by atoms with Crippen LogP contribution in [0.4, 0.5) is 11.4 Å². The predicted molar refractivity (Wildman–Crippen MR) is 125 cm³/mol. The Kier molecular flexibility index (Phi) is 5.92. The first kappa shape index (κ1) is 20.9. The molecule has 31 heavy (non-hydrogen) atoms. The number of hydrogen-bond donors (Lipinski definition) is 2. The number of benzene rings is 3. The molecular formula is C23H13Cl2N3O2S. The molecule has 0 bridgehead atoms. The molecule has 152 valence electrons. The lowest BCUT2D eigenvalue weighted by Crippen LogP contribution is -2.15. The summed E-state index contributed by atoms with van der Waals surface area (Å²) in [7, 11) is 0. The molecule has 0 radical (unpaired) electrons. The summed E-state index contributed by atoms with van der Waals surface area (Å²) in [6.07, 6.45) is 0. The van der Waals surface area contributed by atoms with Gasteiger partial charge in [-0.1, -0.05) is 41.4 Å². The van der Waals surface area contributed by atoms with E-state index in [2.05, 4.69) is 10.6 Å². The van der Waals surface area contributed by atoms with Crippen molar-refractivity contribution in [2.45, 2.75) is 0 Å². The van der Waals surface area contributed by atoms with E-state index in [4.69, 9.17) is 23.2 Å². The molecule has 0 saturated heterocycles. The highest BCUT2D eigenvalue weighted by Gasteiger charge is 2.19. The maximum atomic E-state index is 12.9. The lowest BCUT2D eigenvalue weighted by Gasteiger charge is -2.10. The Balaban J connectivity index is 1.60. The first-order chi connectivity index (χ1) is 15.0. The molecule has 8 heteroatoms. The van der Waals surface area contributed by atoms with Crippen LogP contribution < -0.4 is 10.6 Å². The van der Waals surface area contributed by atoms with E-state index in [9.17, 15) is 14.9 Å². The van der Waals surface area contributed by atoms with Crippen molar-refractivity contribution >= 4 is 67.8 Å². The number of nitriles is 1. The van der Waals surface area contributed by atoms with Gasteiger partial charge in [-0.2, -0.15) is 5.26 Å². The van der Waals surface area contributed by atoms with Gasteiger partial charge in [0.25, 0.3) is 11.8 Å². The van der Waals surface area contributed by atoms with E-state index < -0.39 is 5.91 Å².